The molecular weight excluding hydrogens is 256 g/mol. The van der Waals surface area contributed by atoms with Gasteiger partial charge in [0.2, 0.25) is 0 Å². The predicted molar refractivity (Wildman–Crippen MR) is 77.0 cm³/mol. The minimum Gasteiger partial charge on any atom is -0.480 e. The number of rotatable bonds is 3. The molecule has 0 aliphatic heterocycles. The zero-order chi connectivity index (χ0) is 15.1. The smallest absolute Gasteiger partial charge is 0.328 e. The summed E-state index contributed by atoms with van der Waals surface area (Å²) in [6.45, 7) is 6.87. The predicted octanol–water partition coefficient (Wildman–Crippen LogP) is 2.38. The zero-order valence-corrected chi connectivity index (χ0v) is 12.0. The fourth-order valence-corrected chi connectivity index (χ4v) is 2.01. The van der Waals surface area contributed by atoms with Crippen molar-refractivity contribution in [2.75, 3.05) is 0 Å². The molecule has 5 heteroatoms. The standard InChI is InChI=1S/C15H18N2O3/c1-8-9(2)16-12-6-5-10(7-11(8)12)13(18)17-15(3,4)14(19)20/h5-7,16H,1-4H3,(H,17,18)(H,19,20). The van der Waals surface area contributed by atoms with Crippen LogP contribution in [0.3, 0.4) is 0 Å². The Hall–Kier alpha value is -2.30. The number of carboxylic acids is 1. The summed E-state index contributed by atoms with van der Waals surface area (Å²) in [5, 5.41) is 12.5. The Morgan fingerprint density at radius 3 is 2.50 bits per heavy atom. The van der Waals surface area contributed by atoms with E-state index in [1.807, 2.05) is 19.9 Å². The zero-order valence-electron chi connectivity index (χ0n) is 12.0. The number of aromatic amines is 1. The van der Waals surface area contributed by atoms with E-state index >= 15 is 0 Å². The van der Waals surface area contributed by atoms with Gasteiger partial charge in [-0.25, -0.2) is 4.79 Å². The number of benzene rings is 1. The second kappa shape index (κ2) is 4.67. The molecule has 1 amide bonds. The van der Waals surface area contributed by atoms with Crippen LogP contribution in [-0.2, 0) is 4.79 Å². The van der Waals surface area contributed by atoms with Gasteiger partial charge in [0.1, 0.15) is 5.54 Å². The van der Waals surface area contributed by atoms with Gasteiger partial charge in [0.05, 0.1) is 0 Å². The van der Waals surface area contributed by atoms with Gasteiger partial charge in [0.15, 0.2) is 0 Å². The largest absolute Gasteiger partial charge is 0.480 e. The van der Waals surface area contributed by atoms with E-state index < -0.39 is 17.4 Å². The Kier molecular flexibility index (Phi) is 3.29. The van der Waals surface area contributed by atoms with Crippen LogP contribution in [0.5, 0.6) is 0 Å². The molecule has 1 aromatic heterocycles. The van der Waals surface area contributed by atoms with Crippen molar-refractivity contribution in [1.29, 1.82) is 0 Å². The summed E-state index contributed by atoms with van der Waals surface area (Å²) in [5.41, 5.74) is 2.27. The highest BCUT2D eigenvalue weighted by Gasteiger charge is 2.29. The Morgan fingerprint density at radius 1 is 1.25 bits per heavy atom. The third-order valence-electron chi connectivity index (χ3n) is 3.53. The molecule has 20 heavy (non-hydrogen) atoms. The third kappa shape index (κ3) is 2.39. The van der Waals surface area contributed by atoms with Crippen LogP contribution < -0.4 is 5.32 Å². The maximum absolute atomic E-state index is 12.1. The number of aliphatic carboxylic acids is 1. The van der Waals surface area contributed by atoms with E-state index in [9.17, 15) is 9.59 Å². The molecule has 2 rings (SSSR count). The average Bonchev–Trinajstić information content (AvgIpc) is 2.64. The highest BCUT2D eigenvalue weighted by Crippen LogP contribution is 2.22. The molecule has 1 aromatic carbocycles. The molecule has 0 saturated heterocycles. The summed E-state index contributed by atoms with van der Waals surface area (Å²) in [6.07, 6.45) is 0. The topological polar surface area (TPSA) is 82.2 Å². The van der Waals surface area contributed by atoms with Gasteiger partial charge in [-0.1, -0.05) is 0 Å². The van der Waals surface area contributed by atoms with Crippen LogP contribution in [0.4, 0.5) is 0 Å². The number of aromatic nitrogens is 1. The van der Waals surface area contributed by atoms with Crippen molar-refractivity contribution < 1.29 is 14.7 Å². The lowest BCUT2D eigenvalue weighted by atomic mass is 10.0. The van der Waals surface area contributed by atoms with E-state index in [4.69, 9.17) is 5.11 Å². The Bertz CT molecular complexity index is 698. The molecule has 0 unspecified atom stereocenters. The lowest BCUT2D eigenvalue weighted by Crippen LogP contribution is -2.49. The van der Waals surface area contributed by atoms with Crippen LogP contribution in [0.15, 0.2) is 18.2 Å². The highest BCUT2D eigenvalue weighted by atomic mass is 16.4. The van der Waals surface area contributed by atoms with Crippen LogP contribution in [-0.4, -0.2) is 27.5 Å². The fourth-order valence-electron chi connectivity index (χ4n) is 2.01. The van der Waals surface area contributed by atoms with Gasteiger partial charge >= 0.3 is 5.97 Å². The normalized spacial score (nSPS) is 11.6. The van der Waals surface area contributed by atoms with E-state index in [0.717, 1.165) is 22.2 Å². The molecule has 3 N–H and O–H groups in total. The Labute approximate surface area is 117 Å². The Morgan fingerprint density at radius 2 is 1.90 bits per heavy atom. The second-order valence-electron chi connectivity index (χ2n) is 5.52. The molecule has 2 aromatic rings. The van der Waals surface area contributed by atoms with Crippen molar-refractivity contribution in [3.63, 3.8) is 0 Å². The molecule has 5 nitrogen and oxygen atoms in total. The first-order valence-corrected chi connectivity index (χ1v) is 6.37. The summed E-state index contributed by atoms with van der Waals surface area (Å²) in [6, 6.07) is 5.30. The average molecular weight is 274 g/mol. The van der Waals surface area contributed by atoms with Crippen molar-refractivity contribution >= 4 is 22.8 Å². The minimum absolute atomic E-state index is 0.391. The van der Waals surface area contributed by atoms with Gasteiger partial charge in [0.25, 0.3) is 5.91 Å². The number of fused-ring (bicyclic) bond motifs is 1. The molecule has 0 fully saturated rings. The summed E-state index contributed by atoms with van der Waals surface area (Å²) >= 11 is 0. The van der Waals surface area contributed by atoms with Crippen molar-refractivity contribution in [2.45, 2.75) is 33.2 Å². The molecule has 106 valence electrons. The van der Waals surface area contributed by atoms with Crippen LogP contribution in [0.25, 0.3) is 10.9 Å². The summed E-state index contributed by atoms with van der Waals surface area (Å²) in [5.74, 6) is -1.46. The first kappa shape index (κ1) is 14.1. The Balaban J connectivity index is 2.36. The number of carbonyl (C=O) groups excluding carboxylic acids is 1. The van der Waals surface area contributed by atoms with Crippen LogP contribution in [0, 0.1) is 13.8 Å². The van der Waals surface area contributed by atoms with Gasteiger partial charge in [0, 0.05) is 22.2 Å². The number of aryl methyl sites for hydroxylation is 2. The van der Waals surface area contributed by atoms with E-state index in [2.05, 4.69) is 10.3 Å². The number of hydrogen-bond donors (Lipinski definition) is 3. The van der Waals surface area contributed by atoms with Crippen LogP contribution in [0.1, 0.15) is 35.5 Å². The fraction of sp³-hybridized carbons (Fsp3) is 0.333. The summed E-state index contributed by atoms with van der Waals surface area (Å²) in [4.78, 5) is 26.4. The number of H-pyrrole nitrogens is 1. The molecule has 0 radical (unpaired) electrons. The number of hydrogen-bond acceptors (Lipinski definition) is 2. The monoisotopic (exact) mass is 274 g/mol. The minimum atomic E-state index is -1.30. The maximum Gasteiger partial charge on any atom is 0.328 e. The molecule has 0 aliphatic carbocycles. The molecular formula is C15H18N2O3. The van der Waals surface area contributed by atoms with E-state index in [1.54, 1.807) is 12.1 Å². The first-order chi connectivity index (χ1) is 9.22. The van der Waals surface area contributed by atoms with Crippen molar-refractivity contribution in [3.8, 4) is 0 Å². The van der Waals surface area contributed by atoms with Gasteiger partial charge in [-0.3, -0.25) is 4.79 Å². The lowest BCUT2D eigenvalue weighted by Gasteiger charge is -2.20. The lowest BCUT2D eigenvalue weighted by molar-refractivity contribution is -0.143. The van der Waals surface area contributed by atoms with Gasteiger partial charge in [-0.2, -0.15) is 0 Å². The third-order valence-corrected chi connectivity index (χ3v) is 3.53. The number of carboxylic acid groups (broad SMARTS) is 1. The maximum atomic E-state index is 12.1. The number of nitrogens with one attached hydrogen (secondary N) is 2. The van der Waals surface area contributed by atoms with Gasteiger partial charge in [-0.05, 0) is 51.5 Å². The molecule has 0 spiro atoms. The van der Waals surface area contributed by atoms with Crippen molar-refractivity contribution in [2.24, 2.45) is 0 Å². The van der Waals surface area contributed by atoms with Crippen molar-refractivity contribution in [1.82, 2.24) is 10.3 Å². The van der Waals surface area contributed by atoms with Gasteiger partial charge in [-0.15, -0.1) is 0 Å². The SMILES string of the molecule is Cc1[nH]c2ccc(C(=O)NC(C)(C)C(=O)O)cc2c1C. The molecule has 0 saturated carbocycles. The van der Waals surface area contributed by atoms with Crippen LogP contribution in [0.2, 0.25) is 0 Å². The number of amides is 1. The summed E-state index contributed by atoms with van der Waals surface area (Å²) in [7, 11) is 0. The van der Waals surface area contributed by atoms with E-state index in [1.165, 1.54) is 13.8 Å². The van der Waals surface area contributed by atoms with E-state index in [-0.39, 0.29) is 0 Å². The van der Waals surface area contributed by atoms with Gasteiger partial charge < -0.3 is 15.4 Å². The summed E-state index contributed by atoms with van der Waals surface area (Å²) < 4.78 is 0. The van der Waals surface area contributed by atoms with Crippen molar-refractivity contribution in [3.05, 3.63) is 35.0 Å². The molecule has 0 atom stereocenters. The highest BCUT2D eigenvalue weighted by molar-refractivity contribution is 6.01. The second-order valence-corrected chi connectivity index (χ2v) is 5.52. The molecule has 0 bridgehead atoms. The first-order valence-electron chi connectivity index (χ1n) is 6.37. The molecule has 1 heterocycles. The number of carbonyl (C=O) groups is 2. The van der Waals surface area contributed by atoms with Crippen LogP contribution >= 0.6 is 0 Å². The molecule has 0 aliphatic rings. The van der Waals surface area contributed by atoms with E-state index in [0.29, 0.717) is 5.56 Å². The quantitative estimate of drug-likeness (QED) is 0.803.